The van der Waals surface area contributed by atoms with Crippen molar-refractivity contribution in [2.45, 2.75) is 47.0 Å². The van der Waals surface area contributed by atoms with Gasteiger partial charge in [0, 0.05) is 12.8 Å². The highest BCUT2D eigenvalue weighted by molar-refractivity contribution is 6.23. The second-order valence-electron chi connectivity index (χ2n) is 6.46. The number of Topliss-reactive ketones (excluding diaryl/α,β-unsaturated/α-hetero) is 1. The maximum Gasteiger partial charge on any atom is 0.168 e. The fourth-order valence-corrected chi connectivity index (χ4v) is 2.76. The molecule has 0 amide bonds. The molecule has 1 N–H and O–H groups in total. The molecule has 0 atom stereocenters. The number of aliphatic hydroxyl groups is 1. The van der Waals surface area contributed by atoms with Gasteiger partial charge in [0.2, 0.25) is 0 Å². The van der Waals surface area contributed by atoms with Crippen LogP contribution in [0.5, 0.6) is 0 Å². The molecule has 0 radical (unpaired) electrons. The molecular formula is C18H23NO2. The highest BCUT2D eigenvalue weighted by Crippen LogP contribution is 2.37. The molecule has 0 aliphatic heterocycles. The Hall–Kier alpha value is -1.90. The normalized spacial score (nSPS) is 19.0. The molecule has 21 heavy (non-hydrogen) atoms. The Bertz CT molecular complexity index is 624. The fraction of sp³-hybridized carbons (Fsp3) is 0.444. The van der Waals surface area contributed by atoms with Crippen LogP contribution in [0.15, 0.2) is 40.6 Å². The minimum atomic E-state index is -0.174. The van der Waals surface area contributed by atoms with Crippen LogP contribution in [0, 0.1) is 12.3 Å². The molecule has 0 aromatic heterocycles. The minimum absolute atomic E-state index is 0.00191. The molecule has 1 aliphatic rings. The summed E-state index contributed by atoms with van der Waals surface area (Å²) >= 11 is 0. The second-order valence-corrected chi connectivity index (χ2v) is 6.46. The minimum Gasteiger partial charge on any atom is -0.511 e. The van der Waals surface area contributed by atoms with Gasteiger partial charge in [-0.05, 0) is 30.4 Å². The largest absolute Gasteiger partial charge is 0.511 e. The van der Waals surface area contributed by atoms with Crippen LogP contribution >= 0.6 is 0 Å². The Morgan fingerprint density at radius 3 is 2.52 bits per heavy atom. The second kappa shape index (κ2) is 5.84. The van der Waals surface area contributed by atoms with Gasteiger partial charge in [0.05, 0.1) is 17.0 Å². The molecule has 2 rings (SSSR count). The molecule has 3 nitrogen and oxygen atoms in total. The molecule has 0 saturated heterocycles. The monoisotopic (exact) mass is 285 g/mol. The summed E-state index contributed by atoms with van der Waals surface area (Å²) in [5.41, 5.74) is 2.86. The quantitative estimate of drug-likeness (QED) is 0.820. The Morgan fingerprint density at radius 1 is 1.29 bits per heavy atom. The summed E-state index contributed by atoms with van der Waals surface area (Å²) in [5.74, 6) is 0.184. The summed E-state index contributed by atoms with van der Waals surface area (Å²) in [4.78, 5) is 17.0. The van der Waals surface area contributed by atoms with E-state index in [0.29, 0.717) is 30.5 Å². The molecule has 112 valence electrons. The molecule has 1 aromatic carbocycles. The number of rotatable bonds is 3. The summed E-state index contributed by atoms with van der Waals surface area (Å²) in [6, 6.07) is 7.82. The van der Waals surface area contributed by atoms with E-state index in [4.69, 9.17) is 0 Å². The lowest BCUT2D eigenvalue weighted by atomic mass is 9.75. The maximum atomic E-state index is 12.4. The van der Waals surface area contributed by atoms with Crippen molar-refractivity contribution in [3.8, 4) is 0 Å². The summed E-state index contributed by atoms with van der Waals surface area (Å²) < 4.78 is 0. The summed E-state index contributed by atoms with van der Waals surface area (Å²) in [6.07, 6.45) is 1.61. The number of carbonyl (C=O) groups excluding carboxylic acids is 1. The summed E-state index contributed by atoms with van der Waals surface area (Å²) in [6.45, 7) is 7.96. The van der Waals surface area contributed by atoms with E-state index in [2.05, 4.69) is 4.99 Å². The first kappa shape index (κ1) is 15.5. The van der Waals surface area contributed by atoms with Gasteiger partial charge in [-0.15, -0.1) is 0 Å². The predicted octanol–water partition coefficient (Wildman–Crippen LogP) is 4.68. The average molecular weight is 285 g/mol. The van der Waals surface area contributed by atoms with Gasteiger partial charge in [0.1, 0.15) is 5.76 Å². The zero-order chi connectivity index (χ0) is 15.6. The molecule has 1 aromatic rings. The van der Waals surface area contributed by atoms with Gasteiger partial charge in [-0.1, -0.05) is 39.0 Å². The predicted molar refractivity (Wildman–Crippen MR) is 86.2 cm³/mol. The van der Waals surface area contributed by atoms with Crippen LogP contribution in [0.1, 0.15) is 45.6 Å². The number of hydrogen-bond donors (Lipinski definition) is 1. The first-order chi connectivity index (χ1) is 9.84. The number of benzene rings is 1. The van der Waals surface area contributed by atoms with Crippen molar-refractivity contribution >= 4 is 17.2 Å². The van der Waals surface area contributed by atoms with Crippen LogP contribution < -0.4 is 0 Å². The van der Waals surface area contributed by atoms with Crippen LogP contribution in [0.4, 0.5) is 5.69 Å². The lowest BCUT2D eigenvalue weighted by Crippen LogP contribution is -2.29. The van der Waals surface area contributed by atoms with Crippen molar-refractivity contribution in [1.82, 2.24) is 0 Å². The van der Waals surface area contributed by atoms with Gasteiger partial charge in [-0.2, -0.15) is 0 Å². The van der Waals surface area contributed by atoms with E-state index in [1.807, 2.05) is 52.0 Å². The van der Waals surface area contributed by atoms with Crippen LogP contribution in [0.25, 0.3) is 0 Å². The van der Waals surface area contributed by atoms with E-state index in [1.54, 1.807) is 0 Å². The van der Waals surface area contributed by atoms with Crippen LogP contribution in [0.3, 0.4) is 0 Å². The highest BCUT2D eigenvalue weighted by Gasteiger charge is 2.34. The molecule has 0 unspecified atom stereocenters. The average Bonchev–Trinajstić information content (AvgIpc) is 2.37. The Balaban J connectivity index is 2.47. The number of aliphatic imine (C=N–C) groups is 1. The summed E-state index contributed by atoms with van der Waals surface area (Å²) in [7, 11) is 0. The SMILES string of the molecule is CCC(=Nc1ccccc1C)C1=C(O)CC(C)(C)CC1=O. The lowest BCUT2D eigenvalue weighted by Gasteiger charge is -2.29. The van der Waals surface area contributed by atoms with Gasteiger partial charge < -0.3 is 5.11 Å². The van der Waals surface area contributed by atoms with Crippen molar-refractivity contribution in [3.63, 3.8) is 0 Å². The molecule has 1 aliphatic carbocycles. The smallest absolute Gasteiger partial charge is 0.168 e. The van der Waals surface area contributed by atoms with E-state index >= 15 is 0 Å². The van der Waals surface area contributed by atoms with E-state index < -0.39 is 0 Å². The first-order valence-electron chi connectivity index (χ1n) is 7.43. The van der Waals surface area contributed by atoms with E-state index in [1.165, 1.54) is 0 Å². The molecule has 0 heterocycles. The van der Waals surface area contributed by atoms with Gasteiger partial charge in [0.15, 0.2) is 5.78 Å². The molecular weight excluding hydrogens is 262 g/mol. The number of para-hydroxylation sites is 1. The number of hydrogen-bond acceptors (Lipinski definition) is 3. The Morgan fingerprint density at radius 2 is 1.95 bits per heavy atom. The third-order valence-corrected chi connectivity index (χ3v) is 3.85. The molecule has 3 heteroatoms. The number of allylic oxidation sites excluding steroid dienone is 2. The third-order valence-electron chi connectivity index (χ3n) is 3.85. The van der Waals surface area contributed by atoms with Gasteiger partial charge in [-0.25, -0.2) is 0 Å². The molecule has 0 saturated carbocycles. The van der Waals surface area contributed by atoms with Gasteiger partial charge >= 0.3 is 0 Å². The highest BCUT2D eigenvalue weighted by atomic mass is 16.3. The van der Waals surface area contributed by atoms with Crippen molar-refractivity contribution < 1.29 is 9.90 Å². The number of nitrogens with zero attached hydrogens (tertiary/aromatic N) is 1. The molecule has 0 spiro atoms. The first-order valence-corrected chi connectivity index (χ1v) is 7.43. The van der Waals surface area contributed by atoms with Crippen LogP contribution in [-0.2, 0) is 4.79 Å². The number of aliphatic hydroxyl groups excluding tert-OH is 1. The molecule has 0 fully saturated rings. The maximum absolute atomic E-state index is 12.4. The van der Waals surface area contributed by atoms with Crippen molar-refractivity contribution in [2.24, 2.45) is 10.4 Å². The fourth-order valence-electron chi connectivity index (χ4n) is 2.76. The Kier molecular flexibility index (Phi) is 4.31. The van der Waals surface area contributed by atoms with E-state index in [9.17, 15) is 9.90 Å². The topological polar surface area (TPSA) is 49.7 Å². The molecule has 0 bridgehead atoms. The lowest BCUT2D eigenvalue weighted by molar-refractivity contribution is -0.117. The Labute approximate surface area is 126 Å². The number of aryl methyl sites for hydroxylation is 1. The number of ketones is 1. The number of carbonyl (C=O) groups is 1. The van der Waals surface area contributed by atoms with Crippen molar-refractivity contribution in [2.75, 3.05) is 0 Å². The van der Waals surface area contributed by atoms with Crippen molar-refractivity contribution in [1.29, 1.82) is 0 Å². The van der Waals surface area contributed by atoms with E-state index in [-0.39, 0.29) is 17.0 Å². The van der Waals surface area contributed by atoms with E-state index in [0.717, 1.165) is 11.3 Å². The van der Waals surface area contributed by atoms with Gasteiger partial charge in [0.25, 0.3) is 0 Å². The zero-order valence-electron chi connectivity index (χ0n) is 13.2. The van der Waals surface area contributed by atoms with Crippen molar-refractivity contribution in [3.05, 3.63) is 41.2 Å². The third kappa shape index (κ3) is 3.41. The van der Waals surface area contributed by atoms with Crippen LogP contribution in [-0.4, -0.2) is 16.6 Å². The summed E-state index contributed by atoms with van der Waals surface area (Å²) in [5, 5.41) is 10.3. The van der Waals surface area contributed by atoms with Gasteiger partial charge in [-0.3, -0.25) is 9.79 Å². The van der Waals surface area contributed by atoms with Crippen LogP contribution in [0.2, 0.25) is 0 Å². The zero-order valence-corrected chi connectivity index (χ0v) is 13.2. The standard InChI is InChI=1S/C18H23NO2/c1-5-13(19-14-9-7-6-8-12(14)2)17-15(20)10-18(3,4)11-16(17)21/h6-9,20H,5,10-11H2,1-4H3.